The van der Waals surface area contributed by atoms with Crippen LogP contribution in [-0.4, -0.2) is 27.3 Å². The minimum atomic E-state index is 0. The summed E-state index contributed by atoms with van der Waals surface area (Å²) >= 11 is 3.47. The van der Waals surface area contributed by atoms with Gasteiger partial charge in [-0.2, -0.15) is 0 Å². The maximum atomic E-state index is 5.42. The minimum Gasteiger partial charge on any atom is -0.496 e. The lowest BCUT2D eigenvalue weighted by Gasteiger charge is -2.16. The van der Waals surface area contributed by atoms with E-state index in [0.29, 0.717) is 5.92 Å². The number of ether oxygens (including phenoxy) is 2. The van der Waals surface area contributed by atoms with Crippen molar-refractivity contribution in [2.75, 3.05) is 27.3 Å². The van der Waals surface area contributed by atoms with E-state index >= 15 is 0 Å². The Hall–Kier alpha value is -0.260. The third-order valence-electron chi connectivity index (χ3n) is 3.00. The van der Waals surface area contributed by atoms with Gasteiger partial charge < -0.3 is 14.8 Å². The second-order valence-electron chi connectivity index (χ2n) is 3.92. The zero-order valence-electron chi connectivity index (χ0n) is 9.96. The van der Waals surface area contributed by atoms with Gasteiger partial charge in [0.15, 0.2) is 0 Å². The van der Waals surface area contributed by atoms with Crippen LogP contribution in [0.5, 0.6) is 11.5 Å². The van der Waals surface area contributed by atoms with Gasteiger partial charge in [-0.05, 0) is 41.0 Å². The highest BCUT2D eigenvalue weighted by atomic mass is 79.9. The predicted molar refractivity (Wildman–Crippen MR) is 77.8 cm³/mol. The van der Waals surface area contributed by atoms with Crippen LogP contribution >= 0.6 is 32.9 Å². The van der Waals surface area contributed by atoms with E-state index in [0.717, 1.165) is 35.5 Å². The molecule has 2 rings (SSSR count). The van der Waals surface area contributed by atoms with Crippen molar-refractivity contribution in [2.24, 2.45) is 0 Å². The normalized spacial score (nSPS) is 18.6. The number of benzene rings is 1. The molecule has 0 saturated carbocycles. The summed E-state index contributed by atoms with van der Waals surface area (Å²) < 4.78 is 11.7. The molecular formula is C12H17Br2NO2. The van der Waals surface area contributed by atoms with Gasteiger partial charge in [-0.15, -0.1) is 17.0 Å². The fourth-order valence-corrected chi connectivity index (χ4v) is 2.61. The van der Waals surface area contributed by atoms with Gasteiger partial charge in [-0.1, -0.05) is 0 Å². The zero-order valence-corrected chi connectivity index (χ0v) is 13.3. The average Bonchev–Trinajstić information content (AvgIpc) is 2.82. The molecule has 1 heterocycles. The molecule has 0 spiro atoms. The first-order valence-corrected chi connectivity index (χ1v) is 6.17. The first-order chi connectivity index (χ1) is 7.76. The first-order valence-electron chi connectivity index (χ1n) is 5.38. The third kappa shape index (κ3) is 3.14. The Morgan fingerprint density at radius 1 is 1.24 bits per heavy atom. The Bertz CT molecular complexity index is 379. The van der Waals surface area contributed by atoms with Crippen molar-refractivity contribution in [3.8, 4) is 11.5 Å². The SMILES string of the molecule is Br.COc1cc([C@H]2CCNC2)c(OC)cc1Br. The van der Waals surface area contributed by atoms with E-state index in [-0.39, 0.29) is 17.0 Å². The van der Waals surface area contributed by atoms with E-state index in [2.05, 4.69) is 27.3 Å². The molecule has 0 aromatic heterocycles. The number of hydrogen-bond donors (Lipinski definition) is 1. The monoisotopic (exact) mass is 365 g/mol. The molecule has 3 nitrogen and oxygen atoms in total. The Morgan fingerprint density at radius 3 is 2.47 bits per heavy atom. The quantitative estimate of drug-likeness (QED) is 0.891. The second-order valence-corrected chi connectivity index (χ2v) is 4.77. The largest absolute Gasteiger partial charge is 0.496 e. The van der Waals surface area contributed by atoms with Crippen molar-refractivity contribution in [3.63, 3.8) is 0 Å². The molecule has 1 aromatic carbocycles. The highest BCUT2D eigenvalue weighted by molar-refractivity contribution is 9.10. The molecule has 1 fully saturated rings. The van der Waals surface area contributed by atoms with E-state index in [4.69, 9.17) is 9.47 Å². The van der Waals surface area contributed by atoms with Crippen molar-refractivity contribution in [1.29, 1.82) is 0 Å². The van der Waals surface area contributed by atoms with Crippen LogP contribution in [0, 0.1) is 0 Å². The topological polar surface area (TPSA) is 30.5 Å². The number of halogens is 2. The van der Waals surface area contributed by atoms with Gasteiger partial charge in [-0.25, -0.2) is 0 Å². The van der Waals surface area contributed by atoms with E-state index in [1.54, 1.807) is 14.2 Å². The van der Waals surface area contributed by atoms with Crippen LogP contribution in [0.2, 0.25) is 0 Å². The van der Waals surface area contributed by atoms with Crippen LogP contribution in [-0.2, 0) is 0 Å². The summed E-state index contributed by atoms with van der Waals surface area (Å²) in [5, 5.41) is 3.37. The molecule has 1 N–H and O–H groups in total. The standard InChI is InChI=1S/C12H16BrNO2.BrH/c1-15-11-6-10(13)12(16-2)5-9(11)8-3-4-14-7-8;/h5-6,8,14H,3-4,7H2,1-2H3;1H/t8-;/m0./s1. The van der Waals surface area contributed by atoms with E-state index in [1.807, 2.05) is 6.07 Å². The maximum absolute atomic E-state index is 5.42. The second kappa shape index (κ2) is 6.61. The van der Waals surface area contributed by atoms with Gasteiger partial charge in [0.05, 0.1) is 18.7 Å². The highest BCUT2D eigenvalue weighted by Gasteiger charge is 2.21. The van der Waals surface area contributed by atoms with Crippen LogP contribution in [0.15, 0.2) is 16.6 Å². The van der Waals surface area contributed by atoms with Crippen molar-refractivity contribution < 1.29 is 9.47 Å². The number of rotatable bonds is 3. The van der Waals surface area contributed by atoms with E-state index in [9.17, 15) is 0 Å². The van der Waals surface area contributed by atoms with Crippen LogP contribution in [0.25, 0.3) is 0 Å². The van der Waals surface area contributed by atoms with Gasteiger partial charge in [0.1, 0.15) is 11.5 Å². The molecule has 0 amide bonds. The number of nitrogens with one attached hydrogen (secondary N) is 1. The molecule has 1 saturated heterocycles. The smallest absolute Gasteiger partial charge is 0.133 e. The predicted octanol–water partition coefficient (Wildman–Crippen LogP) is 3.12. The summed E-state index contributed by atoms with van der Waals surface area (Å²) in [5.41, 5.74) is 1.23. The third-order valence-corrected chi connectivity index (χ3v) is 3.62. The van der Waals surface area contributed by atoms with Crippen molar-refractivity contribution in [3.05, 3.63) is 22.2 Å². The molecule has 0 radical (unpaired) electrons. The minimum absolute atomic E-state index is 0. The van der Waals surface area contributed by atoms with Crippen LogP contribution < -0.4 is 14.8 Å². The summed E-state index contributed by atoms with van der Waals surface area (Å²) in [6.45, 7) is 2.09. The van der Waals surface area contributed by atoms with Crippen molar-refractivity contribution in [1.82, 2.24) is 5.32 Å². The molecule has 1 aliphatic heterocycles. The number of methoxy groups -OCH3 is 2. The molecule has 1 aromatic rings. The van der Waals surface area contributed by atoms with Crippen LogP contribution in [0.1, 0.15) is 17.9 Å². The summed E-state index contributed by atoms with van der Waals surface area (Å²) in [6.07, 6.45) is 1.15. The molecule has 1 aliphatic rings. The Labute approximate surface area is 121 Å². The lowest BCUT2D eigenvalue weighted by atomic mass is 9.97. The summed E-state index contributed by atoms with van der Waals surface area (Å²) in [5.74, 6) is 2.32. The molecule has 1 atom stereocenters. The molecule has 17 heavy (non-hydrogen) atoms. The van der Waals surface area contributed by atoms with Gasteiger partial charge in [-0.3, -0.25) is 0 Å². The summed E-state index contributed by atoms with van der Waals surface area (Å²) in [4.78, 5) is 0. The van der Waals surface area contributed by atoms with Gasteiger partial charge >= 0.3 is 0 Å². The van der Waals surface area contributed by atoms with Crippen molar-refractivity contribution in [2.45, 2.75) is 12.3 Å². The molecule has 0 aliphatic carbocycles. The average molecular weight is 367 g/mol. The molecule has 0 unspecified atom stereocenters. The Morgan fingerprint density at radius 2 is 1.94 bits per heavy atom. The van der Waals surface area contributed by atoms with Crippen LogP contribution in [0.3, 0.4) is 0 Å². The van der Waals surface area contributed by atoms with E-state index in [1.165, 1.54) is 5.56 Å². The highest BCUT2D eigenvalue weighted by Crippen LogP contribution is 2.38. The Kier molecular flexibility index (Phi) is 5.76. The lowest BCUT2D eigenvalue weighted by Crippen LogP contribution is -2.09. The maximum Gasteiger partial charge on any atom is 0.133 e. The first kappa shape index (κ1) is 14.8. The van der Waals surface area contributed by atoms with Crippen molar-refractivity contribution >= 4 is 32.9 Å². The fraction of sp³-hybridized carbons (Fsp3) is 0.500. The summed E-state index contributed by atoms with van der Waals surface area (Å²) in [7, 11) is 3.39. The Balaban J connectivity index is 0.00000144. The van der Waals surface area contributed by atoms with Gasteiger partial charge in [0, 0.05) is 18.0 Å². The van der Waals surface area contributed by atoms with E-state index < -0.39 is 0 Å². The van der Waals surface area contributed by atoms with Gasteiger partial charge in [0.2, 0.25) is 0 Å². The number of hydrogen-bond acceptors (Lipinski definition) is 3. The fourth-order valence-electron chi connectivity index (χ4n) is 2.12. The molecule has 0 bridgehead atoms. The molecule has 5 heteroatoms. The molecule has 96 valence electrons. The lowest BCUT2D eigenvalue weighted by molar-refractivity contribution is 0.394. The van der Waals surface area contributed by atoms with Gasteiger partial charge in [0.25, 0.3) is 0 Å². The summed E-state index contributed by atoms with van der Waals surface area (Å²) in [6, 6.07) is 4.05. The zero-order chi connectivity index (χ0) is 11.5. The van der Waals surface area contributed by atoms with Crippen LogP contribution in [0.4, 0.5) is 0 Å². The molecular weight excluding hydrogens is 350 g/mol.